The van der Waals surface area contributed by atoms with E-state index in [-0.39, 0.29) is 11.1 Å². The number of rotatable bonds is 5. The van der Waals surface area contributed by atoms with E-state index >= 15 is 0 Å². The predicted molar refractivity (Wildman–Crippen MR) is 85.3 cm³/mol. The maximum atomic E-state index is 4.18. The van der Waals surface area contributed by atoms with E-state index in [1.165, 1.54) is 0 Å². The van der Waals surface area contributed by atoms with Crippen molar-refractivity contribution in [1.29, 1.82) is 0 Å². The number of hydrogen-bond acceptors (Lipinski definition) is 3. The van der Waals surface area contributed by atoms with Gasteiger partial charge in [0.25, 0.3) is 0 Å². The second-order valence-corrected chi connectivity index (χ2v) is 7.27. The van der Waals surface area contributed by atoms with Gasteiger partial charge in [-0.3, -0.25) is 4.68 Å². The number of aryl methyl sites for hydroxylation is 1. The van der Waals surface area contributed by atoms with E-state index in [2.05, 4.69) is 66.3 Å². The summed E-state index contributed by atoms with van der Waals surface area (Å²) in [4.78, 5) is 0. The van der Waals surface area contributed by atoms with Gasteiger partial charge in [0.05, 0.1) is 23.6 Å². The first-order valence-corrected chi connectivity index (χ1v) is 7.26. The van der Waals surface area contributed by atoms with Crippen molar-refractivity contribution >= 4 is 11.4 Å². The van der Waals surface area contributed by atoms with Crippen LogP contribution in [0.3, 0.4) is 0 Å². The average Bonchev–Trinajstić information content (AvgIpc) is 2.85. The minimum atomic E-state index is -0.0858. The summed E-state index contributed by atoms with van der Waals surface area (Å²) in [5.74, 6) is 0. The second kappa shape index (κ2) is 5.42. The van der Waals surface area contributed by atoms with Gasteiger partial charge >= 0.3 is 0 Å². The fourth-order valence-corrected chi connectivity index (χ4v) is 2.33. The van der Waals surface area contributed by atoms with Gasteiger partial charge in [0.2, 0.25) is 6.20 Å². The Bertz CT molecular complexity index is 587. The number of aromatic nitrogens is 4. The van der Waals surface area contributed by atoms with Crippen LogP contribution in [0.5, 0.6) is 0 Å². The lowest BCUT2D eigenvalue weighted by Crippen LogP contribution is -2.49. The summed E-state index contributed by atoms with van der Waals surface area (Å²) in [6, 6.07) is 0. The highest BCUT2D eigenvalue weighted by molar-refractivity contribution is 5.41. The molecular formula is C15H27N6+. The van der Waals surface area contributed by atoms with Crippen LogP contribution in [0.4, 0.5) is 11.4 Å². The molecule has 2 heterocycles. The SMILES string of the molecule is Cn1cc(NC(C)(C)C[n+]2cc(NC(C)(C)C)c[nH]2)cn1. The van der Waals surface area contributed by atoms with Gasteiger partial charge in [-0.1, -0.05) is 0 Å². The molecule has 0 saturated heterocycles. The van der Waals surface area contributed by atoms with Gasteiger partial charge in [0.15, 0.2) is 6.54 Å². The molecule has 6 nitrogen and oxygen atoms in total. The van der Waals surface area contributed by atoms with Crippen LogP contribution in [-0.2, 0) is 13.6 Å². The zero-order chi connectivity index (χ0) is 15.7. The van der Waals surface area contributed by atoms with E-state index in [4.69, 9.17) is 0 Å². The van der Waals surface area contributed by atoms with Crippen LogP contribution in [0.1, 0.15) is 34.6 Å². The molecule has 2 rings (SSSR count). The Balaban J connectivity index is 1.99. The molecule has 6 heteroatoms. The minimum absolute atomic E-state index is 0.0590. The lowest BCUT2D eigenvalue weighted by molar-refractivity contribution is -0.754. The van der Waals surface area contributed by atoms with Gasteiger partial charge < -0.3 is 10.6 Å². The lowest BCUT2D eigenvalue weighted by Gasteiger charge is -2.22. The molecule has 0 radical (unpaired) electrons. The Labute approximate surface area is 126 Å². The van der Waals surface area contributed by atoms with Crippen LogP contribution in [0.15, 0.2) is 24.8 Å². The number of hydrogen-bond donors (Lipinski definition) is 3. The van der Waals surface area contributed by atoms with Crippen molar-refractivity contribution in [3.05, 3.63) is 24.8 Å². The molecule has 3 N–H and O–H groups in total. The second-order valence-electron chi connectivity index (χ2n) is 7.27. The Morgan fingerprint density at radius 1 is 1.19 bits per heavy atom. The van der Waals surface area contributed by atoms with Gasteiger partial charge in [-0.25, -0.2) is 0 Å². The number of anilines is 2. The molecule has 0 aliphatic rings. The number of nitrogens with one attached hydrogen (secondary N) is 3. The molecule has 0 aliphatic carbocycles. The fourth-order valence-electron chi connectivity index (χ4n) is 2.33. The summed E-state index contributed by atoms with van der Waals surface area (Å²) in [5.41, 5.74) is 2.10. The van der Waals surface area contributed by atoms with Crippen LogP contribution in [0, 0.1) is 0 Å². The molecule has 0 unspecified atom stereocenters. The molecule has 0 atom stereocenters. The predicted octanol–water partition coefficient (Wildman–Crippen LogP) is 2.14. The summed E-state index contributed by atoms with van der Waals surface area (Å²) >= 11 is 0. The van der Waals surface area contributed by atoms with Crippen LogP contribution in [0.2, 0.25) is 0 Å². The number of H-pyrrole nitrogens is 1. The highest BCUT2D eigenvalue weighted by atomic mass is 15.3. The third-order valence-corrected chi connectivity index (χ3v) is 2.95. The highest BCUT2D eigenvalue weighted by Crippen LogP contribution is 2.15. The normalized spacial score (nSPS) is 12.5. The molecular weight excluding hydrogens is 264 g/mol. The maximum absolute atomic E-state index is 4.18. The Morgan fingerprint density at radius 2 is 1.90 bits per heavy atom. The monoisotopic (exact) mass is 291 g/mol. The fraction of sp³-hybridized carbons (Fsp3) is 0.600. The summed E-state index contributed by atoms with van der Waals surface area (Å²) in [7, 11) is 1.92. The smallest absolute Gasteiger partial charge is 0.218 e. The molecule has 2 aromatic rings. The van der Waals surface area contributed by atoms with E-state index in [9.17, 15) is 0 Å². The highest BCUT2D eigenvalue weighted by Gasteiger charge is 2.25. The summed E-state index contributed by atoms with van der Waals surface area (Å²) in [6.07, 6.45) is 7.91. The van der Waals surface area contributed by atoms with E-state index in [1.807, 2.05) is 25.6 Å². The van der Waals surface area contributed by atoms with E-state index in [1.54, 1.807) is 4.68 Å². The standard InChI is InChI=1S/C15H26N6/c1-14(2,3)18-13-8-17-21(10-13)11-15(4,5)19-12-7-16-20(6)9-12/h7-10,18-19H,11H2,1-6H3/p+1. The maximum Gasteiger partial charge on any atom is 0.218 e. The van der Waals surface area contributed by atoms with Crippen LogP contribution >= 0.6 is 0 Å². The summed E-state index contributed by atoms with van der Waals surface area (Å²) in [6.45, 7) is 11.6. The molecule has 2 aromatic heterocycles. The van der Waals surface area contributed by atoms with Crippen molar-refractivity contribution in [2.75, 3.05) is 10.6 Å². The first-order valence-electron chi connectivity index (χ1n) is 7.26. The molecule has 0 spiro atoms. The summed E-state index contributed by atoms with van der Waals surface area (Å²) < 4.78 is 3.88. The Kier molecular flexibility index (Phi) is 3.98. The van der Waals surface area contributed by atoms with Crippen molar-refractivity contribution in [1.82, 2.24) is 14.9 Å². The number of nitrogens with zero attached hydrogens (tertiary/aromatic N) is 3. The third kappa shape index (κ3) is 4.81. The Morgan fingerprint density at radius 3 is 2.48 bits per heavy atom. The number of aromatic amines is 1. The van der Waals surface area contributed by atoms with Gasteiger partial charge in [0, 0.05) is 18.8 Å². The van der Waals surface area contributed by atoms with E-state index in [0.717, 1.165) is 17.9 Å². The third-order valence-electron chi connectivity index (χ3n) is 2.95. The molecule has 0 aliphatic heterocycles. The average molecular weight is 291 g/mol. The quantitative estimate of drug-likeness (QED) is 0.740. The van der Waals surface area contributed by atoms with Crippen molar-refractivity contribution in [3.8, 4) is 0 Å². The van der Waals surface area contributed by atoms with Gasteiger partial charge in [-0.2, -0.15) is 10.2 Å². The molecule has 0 amide bonds. The van der Waals surface area contributed by atoms with Crippen LogP contribution in [0.25, 0.3) is 0 Å². The van der Waals surface area contributed by atoms with E-state index < -0.39 is 0 Å². The van der Waals surface area contributed by atoms with Crippen molar-refractivity contribution in [2.24, 2.45) is 7.05 Å². The topological polar surface area (TPSA) is 61.5 Å². The van der Waals surface area contributed by atoms with Crippen molar-refractivity contribution < 1.29 is 4.68 Å². The molecule has 0 fully saturated rings. The summed E-state index contributed by atoms with van der Waals surface area (Å²) in [5, 5.41) is 14.4. The first-order chi connectivity index (χ1) is 9.63. The van der Waals surface area contributed by atoms with Gasteiger partial charge in [-0.15, -0.1) is 4.68 Å². The molecule has 21 heavy (non-hydrogen) atoms. The molecule has 116 valence electrons. The van der Waals surface area contributed by atoms with Crippen molar-refractivity contribution in [3.63, 3.8) is 0 Å². The van der Waals surface area contributed by atoms with Gasteiger partial charge in [-0.05, 0) is 34.6 Å². The van der Waals surface area contributed by atoms with E-state index in [0.29, 0.717) is 0 Å². The molecule has 0 bridgehead atoms. The first kappa shape index (κ1) is 15.4. The zero-order valence-electron chi connectivity index (χ0n) is 13.9. The zero-order valence-corrected chi connectivity index (χ0v) is 13.9. The van der Waals surface area contributed by atoms with Crippen molar-refractivity contribution in [2.45, 2.75) is 52.2 Å². The van der Waals surface area contributed by atoms with Crippen LogP contribution in [-0.4, -0.2) is 26.0 Å². The lowest BCUT2D eigenvalue weighted by atomic mass is 10.1. The minimum Gasteiger partial charge on any atom is -0.374 e. The largest absolute Gasteiger partial charge is 0.374 e. The van der Waals surface area contributed by atoms with Gasteiger partial charge in [0.1, 0.15) is 5.69 Å². The van der Waals surface area contributed by atoms with Crippen LogP contribution < -0.4 is 15.3 Å². The molecule has 0 aromatic carbocycles. The Hall–Kier alpha value is -1.98. The molecule has 0 saturated carbocycles.